The zero-order valence-electron chi connectivity index (χ0n) is 8.34. The maximum Gasteiger partial charge on any atom is 0.304 e. The third kappa shape index (κ3) is 7.74. The first-order valence-electron chi connectivity index (χ1n) is 4.63. The Hall–Kier alpha value is -0.610. The highest BCUT2D eigenvalue weighted by molar-refractivity contribution is 5.66. The number of hydrogen-bond donors (Lipinski definition) is 3. The lowest BCUT2D eigenvalue weighted by molar-refractivity contribution is -0.136. The fourth-order valence-corrected chi connectivity index (χ4v) is 1.18. The van der Waals surface area contributed by atoms with Gasteiger partial charge in [0.2, 0.25) is 0 Å². The molecule has 0 fully saturated rings. The van der Waals surface area contributed by atoms with Crippen LogP contribution >= 0.6 is 0 Å². The first kappa shape index (κ1) is 12.4. The Morgan fingerprint density at radius 2 is 2.15 bits per heavy atom. The normalized spacial score (nSPS) is 15.3. The molecule has 0 aliphatic rings. The lowest BCUT2D eigenvalue weighted by Crippen LogP contribution is -2.38. The number of carbonyl (C=O) groups is 1. The molecule has 0 aliphatic heterocycles. The SMILES string of the molecule is CCCC(C)(O)CNCCC(=O)O. The molecule has 1 atom stereocenters. The van der Waals surface area contributed by atoms with Crippen molar-refractivity contribution < 1.29 is 15.0 Å². The molecule has 0 aromatic carbocycles. The monoisotopic (exact) mass is 189 g/mol. The van der Waals surface area contributed by atoms with Crippen molar-refractivity contribution in [2.45, 2.75) is 38.7 Å². The van der Waals surface area contributed by atoms with E-state index in [1.807, 2.05) is 6.92 Å². The third-order valence-corrected chi connectivity index (χ3v) is 1.81. The lowest BCUT2D eigenvalue weighted by atomic mass is 10.0. The van der Waals surface area contributed by atoms with Crippen LogP contribution < -0.4 is 5.32 Å². The first-order chi connectivity index (χ1) is 5.98. The summed E-state index contributed by atoms with van der Waals surface area (Å²) in [5, 5.41) is 20.9. The maximum absolute atomic E-state index is 10.1. The minimum atomic E-state index is -0.817. The topological polar surface area (TPSA) is 69.6 Å². The molecular formula is C9H19NO3. The van der Waals surface area contributed by atoms with Crippen LogP contribution in [0.1, 0.15) is 33.1 Å². The van der Waals surface area contributed by atoms with Crippen molar-refractivity contribution in [3.05, 3.63) is 0 Å². The average Bonchev–Trinajstić information content (AvgIpc) is 1.98. The number of hydrogen-bond acceptors (Lipinski definition) is 3. The van der Waals surface area contributed by atoms with E-state index in [1.54, 1.807) is 6.92 Å². The van der Waals surface area contributed by atoms with Crippen LogP contribution in [-0.2, 0) is 4.79 Å². The standard InChI is InChI=1S/C9H19NO3/c1-3-5-9(2,13)7-10-6-4-8(11)12/h10,13H,3-7H2,1-2H3,(H,11,12). The Morgan fingerprint density at radius 1 is 1.54 bits per heavy atom. The van der Waals surface area contributed by atoms with Gasteiger partial charge in [0.25, 0.3) is 0 Å². The first-order valence-corrected chi connectivity index (χ1v) is 4.63. The van der Waals surface area contributed by atoms with Crippen LogP contribution in [0.5, 0.6) is 0 Å². The molecule has 0 aromatic rings. The van der Waals surface area contributed by atoms with Gasteiger partial charge in [0.15, 0.2) is 0 Å². The van der Waals surface area contributed by atoms with Crippen LogP contribution in [0.15, 0.2) is 0 Å². The van der Waals surface area contributed by atoms with Crippen LogP contribution in [0.3, 0.4) is 0 Å². The van der Waals surface area contributed by atoms with Gasteiger partial charge in [-0.25, -0.2) is 0 Å². The van der Waals surface area contributed by atoms with Crippen molar-refractivity contribution in [2.75, 3.05) is 13.1 Å². The summed E-state index contributed by atoms with van der Waals surface area (Å²) in [6.07, 6.45) is 1.75. The fourth-order valence-electron chi connectivity index (χ4n) is 1.18. The Bertz CT molecular complexity index is 157. The zero-order chi connectivity index (χ0) is 10.3. The molecule has 78 valence electrons. The average molecular weight is 189 g/mol. The summed E-state index contributed by atoms with van der Waals surface area (Å²) < 4.78 is 0. The molecule has 4 nitrogen and oxygen atoms in total. The van der Waals surface area contributed by atoms with Crippen molar-refractivity contribution in [1.29, 1.82) is 0 Å². The summed E-state index contributed by atoms with van der Waals surface area (Å²) in [5.41, 5.74) is -0.715. The molecule has 13 heavy (non-hydrogen) atoms. The van der Waals surface area contributed by atoms with Gasteiger partial charge in [-0.05, 0) is 13.3 Å². The number of carboxylic acid groups (broad SMARTS) is 1. The van der Waals surface area contributed by atoms with Gasteiger partial charge >= 0.3 is 5.97 Å². The van der Waals surface area contributed by atoms with E-state index in [2.05, 4.69) is 5.32 Å². The van der Waals surface area contributed by atoms with Crippen molar-refractivity contribution in [2.24, 2.45) is 0 Å². The summed E-state index contributed by atoms with van der Waals surface area (Å²) in [7, 11) is 0. The molecule has 0 aliphatic carbocycles. The molecule has 0 saturated heterocycles. The largest absolute Gasteiger partial charge is 0.481 e. The number of aliphatic carboxylic acids is 1. The highest BCUT2D eigenvalue weighted by Crippen LogP contribution is 2.09. The summed E-state index contributed by atoms with van der Waals surface area (Å²) in [5.74, 6) is -0.817. The van der Waals surface area contributed by atoms with Gasteiger partial charge in [-0.1, -0.05) is 13.3 Å². The Balaban J connectivity index is 3.45. The van der Waals surface area contributed by atoms with Crippen LogP contribution in [0.25, 0.3) is 0 Å². The van der Waals surface area contributed by atoms with Gasteiger partial charge in [0.05, 0.1) is 12.0 Å². The predicted octanol–water partition coefficient (Wildman–Crippen LogP) is 0.602. The molecule has 0 aromatic heterocycles. The van der Waals surface area contributed by atoms with Crippen molar-refractivity contribution in [3.8, 4) is 0 Å². The van der Waals surface area contributed by atoms with E-state index < -0.39 is 11.6 Å². The van der Waals surface area contributed by atoms with Crippen molar-refractivity contribution in [3.63, 3.8) is 0 Å². The minimum absolute atomic E-state index is 0.0994. The Labute approximate surface area is 79.0 Å². The summed E-state index contributed by atoms with van der Waals surface area (Å²) in [6, 6.07) is 0. The van der Waals surface area contributed by atoms with Gasteiger partial charge in [-0.3, -0.25) is 4.79 Å². The van der Waals surface area contributed by atoms with E-state index in [4.69, 9.17) is 5.11 Å². The quantitative estimate of drug-likeness (QED) is 0.513. The van der Waals surface area contributed by atoms with Gasteiger partial charge in [-0.15, -0.1) is 0 Å². The van der Waals surface area contributed by atoms with Gasteiger partial charge < -0.3 is 15.5 Å². The summed E-state index contributed by atoms with van der Waals surface area (Å²) in [4.78, 5) is 10.1. The summed E-state index contributed by atoms with van der Waals surface area (Å²) in [6.45, 7) is 4.62. The molecule has 3 N–H and O–H groups in total. The number of aliphatic hydroxyl groups is 1. The van der Waals surface area contributed by atoms with Crippen LogP contribution in [0.4, 0.5) is 0 Å². The minimum Gasteiger partial charge on any atom is -0.481 e. The number of rotatable bonds is 7. The highest BCUT2D eigenvalue weighted by atomic mass is 16.4. The number of carboxylic acids is 1. The van der Waals surface area contributed by atoms with E-state index in [1.165, 1.54) is 0 Å². The second kappa shape index (κ2) is 5.94. The molecule has 0 saturated carbocycles. The molecule has 0 heterocycles. The maximum atomic E-state index is 10.1. The molecule has 0 rings (SSSR count). The molecule has 0 spiro atoms. The predicted molar refractivity (Wildman–Crippen MR) is 50.7 cm³/mol. The van der Waals surface area contributed by atoms with Crippen molar-refractivity contribution in [1.82, 2.24) is 5.32 Å². The molecule has 0 bridgehead atoms. The second-order valence-electron chi connectivity index (χ2n) is 3.57. The van der Waals surface area contributed by atoms with E-state index in [0.717, 1.165) is 12.8 Å². The van der Waals surface area contributed by atoms with Crippen LogP contribution in [0.2, 0.25) is 0 Å². The van der Waals surface area contributed by atoms with E-state index in [-0.39, 0.29) is 6.42 Å². The summed E-state index contributed by atoms with van der Waals surface area (Å²) >= 11 is 0. The number of nitrogens with one attached hydrogen (secondary N) is 1. The van der Waals surface area contributed by atoms with E-state index >= 15 is 0 Å². The van der Waals surface area contributed by atoms with Gasteiger partial charge in [-0.2, -0.15) is 0 Å². The van der Waals surface area contributed by atoms with Crippen LogP contribution in [0, 0.1) is 0 Å². The van der Waals surface area contributed by atoms with Gasteiger partial charge in [0, 0.05) is 13.1 Å². The van der Waals surface area contributed by atoms with E-state index in [9.17, 15) is 9.90 Å². The van der Waals surface area contributed by atoms with Crippen molar-refractivity contribution >= 4 is 5.97 Å². The van der Waals surface area contributed by atoms with Crippen LogP contribution in [-0.4, -0.2) is 34.9 Å². The molecule has 0 amide bonds. The molecule has 1 unspecified atom stereocenters. The molecule has 4 heteroatoms. The highest BCUT2D eigenvalue weighted by Gasteiger charge is 2.17. The smallest absolute Gasteiger partial charge is 0.304 e. The van der Waals surface area contributed by atoms with Gasteiger partial charge in [0.1, 0.15) is 0 Å². The lowest BCUT2D eigenvalue weighted by Gasteiger charge is -2.22. The molecule has 0 radical (unpaired) electrons. The third-order valence-electron chi connectivity index (χ3n) is 1.81. The fraction of sp³-hybridized carbons (Fsp3) is 0.889. The van der Waals surface area contributed by atoms with E-state index in [0.29, 0.717) is 13.1 Å². The Morgan fingerprint density at radius 3 is 2.62 bits per heavy atom. The second-order valence-corrected chi connectivity index (χ2v) is 3.57. The zero-order valence-corrected chi connectivity index (χ0v) is 8.34. The Kier molecular flexibility index (Phi) is 5.66. The molecular weight excluding hydrogens is 170 g/mol.